The van der Waals surface area contributed by atoms with Gasteiger partial charge in [-0.1, -0.05) is 32.0 Å². The van der Waals surface area contributed by atoms with Crippen molar-refractivity contribution in [3.05, 3.63) is 83.1 Å². The van der Waals surface area contributed by atoms with Crippen LogP contribution in [-0.2, 0) is 16.1 Å². The maximum Gasteiger partial charge on any atom is 0.248 e. The molecule has 2 aromatic carbocycles. The fraction of sp³-hybridized carbons (Fsp3) is 0.217. The molecule has 0 saturated carbocycles. The third kappa shape index (κ3) is 7.18. The van der Waals surface area contributed by atoms with Crippen LogP contribution in [0.5, 0.6) is 0 Å². The molecule has 6 N–H and O–H groups in total. The number of hydrogen-bond donors (Lipinski definition) is 5. The lowest BCUT2D eigenvalue weighted by atomic mass is 10.1. The number of halogens is 1. The lowest BCUT2D eigenvalue weighted by Crippen LogP contribution is -2.35. The lowest BCUT2D eigenvalue weighted by Gasteiger charge is -2.23. The van der Waals surface area contributed by atoms with Gasteiger partial charge in [0.05, 0.1) is 5.57 Å². The molecule has 0 aromatic heterocycles. The number of carbonyl (C=O) groups excluding carboxylic acids is 2. The molecule has 2 aromatic rings. The summed E-state index contributed by atoms with van der Waals surface area (Å²) in [7, 11) is 0. The minimum absolute atomic E-state index is 0.157. The molecule has 1 heterocycles. The maximum atomic E-state index is 13.4. The first-order valence-electron chi connectivity index (χ1n) is 10.0. The molecular weight excluding hydrogens is 397 g/mol. The Morgan fingerprint density at radius 3 is 2.48 bits per heavy atom. The van der Waals surface area contributed by atoms with Crippen LogP contribution in [0.3, 0.4) is 0 Å². The van der Waals surface area contributed by atoms with Crippen LogP contribution < -0.4 is 27.0 Å². The van der Waals surface area contributed by atoms with E-state index in [2.05, 4.69) is 21.3 Å². The monoisotopic (exact) mass is 425 g/mol. The van der Waals surface area contributed by atoms with E-state index in [1.165, 1.54) is 19.1 Å². The van der Waals surface area contributed by atoms with Crippen LogP contribution >= 0.6 is 0 Å². The SMILES string of the molecule is CC.CC(=O)Nc1cccc(NC2=CC(NCc3cccc(F)c3)=C(C(N)=O)CN2)c1. The second-order valence-corrected chi connectivity index (χ2v) is 6.54. The molecule has 0 atom stereocenters. The highest BCUT2D eigenvalue weighted by Gasteiger charge is 2.17. The first-order chi connectivity index (χ1) is 14.9. The number of allylic oxidation sites excluding steroid dienone is 1. The van der Waals surface area contributed by atoms with Crippen LogP contribution in [0.15, 0.2) is 71.7 Å². The van der Waals surface area contributed by atoms with Crippen molar-refractivity contribution < 1.29 is 14.0 Å². The summed E-state index contributed by atoms with van der Waals surface area (Å²) in [5.74, 6) is -0.371. The number of benzene rings is 2. The van der Waals surface area contributed by atoms with Gasteiger partial charge in [-0.25, -0.2) is 4.39 Å². The van der Waals surface area contributed by atoms with Crippen molar-refractivity contribution >= 4 is 23.2 Å². The minimum atomic E-state index is -0.540. The maximum absolute atomic E-state index is 13.4. The Labute approximate surface area is 181 Å². The molecule has 0 spiro atoms. The molecule has 0 fully saturated rings. The van der Waals surface area contributed by atoms with Gasteiger partial charge in [0, 0.05) is 43.2 Å². The molecule has 0 radical (unpaired) electrons. The Hall–Kier alpha value is -3.81. The Bertz CT molecular complexity index is 1000. The second kappa shape index (κ2) is 11.4. The Kier molecular flexibility index (Phi) is 8.63. The molecule has 8 heteroatoms. The molecule has 1 aliphatic heterocycles. The molecule has 164 valence electrons. The smallest absolute Gasteiger partial charge is 0.248 e. The number of anilines is 2. The van der Waals surface area contributed by atoms with Gasteiger partial charge in [0.1, 0.15) is 11.6 Å². The molecule has 0 saturated heterocycles. The van der Waals surface area contributed by atoms with Gasteiger partial charge in [0.2, 0.25) is 11.8 Å². The Balaban J connectivity index is 0.00000166. The normalized spacial score (nSPS) is 12.6. The number of amides is 2. The summed E-state index contributed by atoms with van der Waals surface area (Å²) in [6.45, 7) is 6.02. The molecule has 0 bridgehead atoms. The first-order valence-corrected chi connectivity index (χ1v) is 10.0. The number of nitrogens with two attached hydrogens (primary N) is 1. The second-order valence-electron chi connectivity index (χ2n) is 6.54. The Morgan fingerprint density at radius 1 is 1.10 bits per heavy atom. The van der Waals surface area contributed by atoms with Crippen LogP contribution in [0.1, 0.15) is 26.3 Å². The number of primary amides is 1. The molecule has 1 aliphatic rings. The zero-order valence-corrected chi connectivity index (χ0v) is 17.9. The van der Waals surface area contributed by atoms with Gasteiger partial charge in [0.15, 0.2) is 0 Å². The molecule has 0 unspecified atom stereocenters. The van der Waals surface area contributed by atoms with Crippen molar-refractivity contribution in [3.8, 4) is 0 Å². The Morgan fingerprint density at radius 2 is 1.81 bits per heavy atom. The zero-order chi connectivity index (χ0) is 22.8. The standard InChI is InChI=1S/C21H22FN5O2.C2H6/c1-13(28)26-16-6-3-7-17(9-16)27-20-10-19(18(12-25-20)21(23)29)24-11-14-4-2-5-15(22)8-14;1-2/h2-10,24-25,27H,11-12H2,1H3,(H2,23,29)(H,26,28);1-2H3. The highest BCUT2D eigenvalue weighted by Crippen LogP contribution is 2.19. The number of hydrogen-bond acceptors (Lipinski definition) is 5. The predicted octanol–water partition coefficient (Wildman–Crippen LogP) is 3.20. The fourth-order valence-corrected chi connectivity index (χ4v) is 2.90. The molecule has 3 rings (SSSR count). The summed E-state index contributed by atoms with van der Waals surface area (Å²) in [6.07, 6.45) is 1.73. The highest BCUT2D eigenvalue weighted by atomic mass is 19.1. The van der Waals surface area contributed by atoms with E-state index in [9.17, 15) is 14.0 Å². The van der Waals surface area contributed by atoms with Gasteiger partial charge < -0.3 is 27.0 Å². The zero-order valence-electron chi connectivity index (χ0n) is 17.9. The van der Waals surface area contributed by atoms with Gasteiger partial charge in [-0.2, -0.15) is 0 Å². The molecule has 0 aliphatic carbocycles. The van der Waals surface area contributed by atoms with Crippen LogP contribution in [0.4, 0.5) is 15.8 Å². The van der Waals surface area contributed by atoms with E-state index in [4.69, 9.17) is 5.73 Å². The summed E-state index contributed by atoms with van der Waals surface area (Å²) in [5, 5.41) is 12.2. The number of rotatable bonds is 7. The highest BCUT2D eigenvalue weighted by molar-refractivity contribution is 5.94. The summed E-state index contributed by atoms with van der Waals surface area (Å²) in [4.78, 5) is 23.0. The average Bonchev–Trinajstić information content (AvgIpc) is 2.73. The van der Waals surface area contributed by atoms with Crippen molar-refractivity contribution in [2.75, 3.05) is 17.2 Å². The van der Waals surface area contributed by atoms with E-state index in [1.807, 2.05) is 26.0 Å². The van der Waals surface area contributed by atoms with Gasteiger partial charge in [0.25, 0.3) is 0 Å². The van der Waals surface area contributed by atoms with Gasteiger partial charge in [-0.05, 0) is 35.9 Å². The van der Waals surface area contributed by atoms with Crippen molar-refractivity contribution in [2.24, 2.45) is 5.73 Å². The van der Waals surface area contributed by atoms with Gasteiger partial charge >= 0.3 is 0 Å². The summed E-state index contributed by atoms with van der Waals surface area (Å²) >= 11 is 0. The van der Waals surface area contributed by atoms with Crippen molar-refractivity contribution in [3.63, 3.8) is 0 Å². The molecule has 31 heavy (non-hydrogen) atoms. The predicted molar refractivity (Wildman–Crippen MR) is 121 cm³/mol. The quantitative estimate of drug-likeness (QED) is 0.468. The van der Waals surface area contributed by atoms with Gasteiger partial charge in [-0.3, -0.25) is 9.59 Å². The topological polar surface area (TPSA) is 108 Å². The van der Waals surface area contributed by atoms with E-state index in [0.717, 1.165) is 11.3 Å². The van der Waals surface area contributed by atoms with E-state index in [1.54, 1.807) is 30.3 Å². The summed E-state index contributed by atoms with van der Waals surface area (Å²) in [6, 6.07) is 13.4. The number of nitrogens with one attached hydrogen (secondary N) is 4. The molecule has 2 amide bonds. The van der Waals surface area contributed by atoms with E-state index in [-0.39, 0.29) is 18.3 Å². The minimum Gasteiger partial charge on any atom is -0.380 e. The molecular formula is C23H28FN5O2. The van der Waals surface area contributed by atoms with Crippen LogP contribution in [-0.4, -0.2) is 18.4 Å². The fourth-order valence-electron chi connectivity index (χ4n) is 2.90. The van der Waals surface area contributed by atoms with Crippen LogP contribution in [0.25, 0.3) is 0 Å². The summed E-state index contributed by atoms with van der Waals surface area (Å²) in [5.41, 5.74) is 8.60. The largest absolute Gasteiger partial charge is 0.380 e. The van der Waals surface area contributed by atoms with Crippen molar-refractivity contribution in [1.82, 2.24) is 10.6 Å². The first kappa shape index (κ1) is 23.5. The van der Waals surface area contributed by atoms with Crippen LogP contribution in [0, 0.1) is 5.82 Å². The summed E-state index contributed by atoms with van der Waals surface area (Å²) < 4.78 is 13.4. The average molecular weight is 426 g/mol. The van der Waals surface area contributed by atoms with E-state index >= 15 is 0 Å². The lowest BCUT2D eigenvalue weighted by molar-refractivity contribution is -0.115. The third-order valence-corrected chi connectivity index (χ3v) is 4.20. The number of dihydropyridines is 1. The molecule has 7 nitrogen and oxygen atoms in total. The van der Waals surface area contributed by atoms with E-state index < -0.39 is 5.91 Å². The van der Waals surface area contributed by atoms with Crippen molar-refractivity contribution in [2.45, 2.75) is 27.3 Å². The van der Waals surface area contributed by atoms with Gasteiger partial charge in [-0.15, -0.1) is 0 Å². The van der Waals surface area contributed by atoms with Crippen LogP contribution in [0.2, 0.25) is 0 Å². The van der Waals surface area contributed by atoms with Crippen molar-refractivity contribution in [1.29, 1.82) is 0 Å². The number of carbonyl (C=O) groups is 2. The van der Waals surface area contributed by atoms with E-state index in [0.29, 0.717) is 29.3 Å². The third-order valence-electron chi connectivity index (χ3n) is 4.20.